The average Bonchev–Trinajstić information content (AvgIpc) is 3.56. The minimum Gasteiger partial charge on any atom is -0.779 e. The molecule has 6 N–H and O–H groups in total. The van der Waals surface area contributed by atoms with Crippen molar-refractivity contribution in [1.82, 2.24) is 25.5 Å². The molecule has 59 heavy (non-hydrogen) atoms. The number of H-pyrrole nitrogens is 1. The summed E-state index contributed by atoms with van der Waals surface area (Å²) in [7, 11) is -7.87. The smallest absolute Gasteiger partial charge is 0.330 e. The Morgan fingerprint density at radius 3 is 2.24 bits per heavy atom. The van der Waals surface area contributed by atoms with Crippen LogP contribution in [-0.4, -0.2) is 115 Å². The minimum atomic E-state index is -4.12. The number of nitrogens with zero attached hydrogens (tertiary/aromatic N) is 4. The Hall–Kier alpha value is -3.33. The van der Waals surface area contributed by atoms with Crippen molar-refractivity contribution in [3.05, 3.63) is 49.1 Å². The van der Waals surface area contributed by atoms with Crippen molar-refractivity contribution in [2.45, 2.75) is 89.1 Å². The number of aromatic amines is 1. The maximum absolute atomic E-state index is 12.3. The first-order valence-electron chi connectivity index (χ1n) is 19.2. The lowest BCUT2D eigenvalue weighted by Gasteiger charge is -2.24. The number of hydrogen-bond acceptors (Lipinski definition) is 16. The summed E-state index contributed by atoms with van der Waals surface area (Å²) in [5.41, 5.74) is 6.58. The van der Waals surface area contributed by atoms with Crippen LogP contribution < -0.4 is 37.0 Å². The van der Waals surface area contributed by atoms with Crippen LogP contribution in [0.15, 0.2) is 27.0 Å². The molecule has 22 nitrogen and oxygen atoms in total. The second-order valence-corrected chi connectivity index (χ2v) is 17.6. The first-order valence-corrected chi connectivity index (χ1v) is 23.8. The summed E-state index contributed by atoms with van der Waals surface area (Å²) in [4.78, 5) is 86.5. The number of aliphatic hydroxyl groups is 2. The first kappa shape index (κ1) is 53.7. The molecule has 2 heterocycles. The highest BCUT2D eigenvalue weighted by molar-refractivity contribution is 7.80. The molecule has 1 aliphatic rings. The van der Waals surface area contributed by atoms with Gasteiger partial charge in [-0.15, -0.1) is 0 Å². The van der Waals surface area contributed by atoms with Gasteiger partial charge in [-0.25, -0.2) is 4.79 Å². The molecule has 2 rings (SSSR count). The molecule has 0 spiro atoms. The number of aliphatic hydroxyl groups excluding tert-OH is 2. The van der Waals surface area contributed by atoms with Crippen molar-refractivity contribution in [3.8, 4) is 0 Å². The number of amides is 3. The quantitative estimate of drug-likeness (QED) is 0.0116. The van der Waals surface area contributed by atoms with E-state index >= 15 is 0 Å². The Kier molecular flexibility index (Phi) is 27.1. The van der Waals surface area contributed by atoms with Crippen LogP contribution in [0.25, 0.3) is 16.5 Å². The summed E-state index contributed by atoms with van der Waals surface area (Å²) >= 11 is 4.00. The van der Waals surface area contributed by atoms with Crippen LogP contribution in [0, 0.1) is 5.92 Å². The Morgan fingerprint density at radius 2 is 1.66 bits per heavy atom. The second-order valence-electron chi connectivity index (χ2n) is 13.6. The van der Waals surface area contributed by atoms with Crippen LogP contribution in [0.2, 0.25) is 0 Å². The van der Waals surface area contributed by atoms with Crippen LogP contribution in [-0.2, 0) is 37.3 Å². The van der Waals surface area contributed by atoms with E-state index in [1.807, 2.05) is 0 Å². The van der Waals surface area contributed by atoms with Crippen LogP contribution in [0.4, 0.5) is 0 Å². The van der Waals surface area contributed by atoms with Crippen molar-refractivity contribution in [2.75, 3.05) is 65.1 Å². The highest BCUT2D eigenvalue weighted by Gasteiger charge is 2.38. The van der Waals surface area contributed by atoms with E-state index in [0.29, 0.717) is 57.6 Å². The van der Waals surface area contributed by atoms with Crippen LogP contribution in [0.5, 0.6) is 0 Å². The summed E-state index contributed by atoms with van der Waals surface area (Å²) < 4.78 is 38.6. The fraction of sp³-hybridized carbons (Fsp3) is 0.735. The van der Waals surface area contributed by atoms with Gasteiger partial charge in [0.25, 0.3) is 5.56 Å². The molecule has 1 aromatic heterocycles. The van der Waals surface area contributed by atoms with Crippen LogP contribution >= 0.6 is 27.8 Å². The molecular formula is C34H58N8O14P2S-2. The van der Waals surface area contributed by atoms with E-state index in [0.717, 1.165) is 56.4 Å². The molecule has 0 bridgehead atoms. The molecule has 3 amide bonds. The number of azide groups is 1. The number of nitrogens with one attached hydrogen (secondary N) is 4. The zero-order chi connectivity index (χ0) is 44.3. The molecule has 1 fully saturated rings. The van der Waals surface area contributed by atoms with Gasteiger partial charge in [-0.1, -0.05) is 24.4 Å². The van der Waals surface area contributed by atoms with Crippen molar-refractivity contribution in [1.29, 1.82) is 0 Å². The van der Waals surface area contributed by atoms with E-state index in [1.54, 1.807) is 0 Å². The number of unbranched alkanes of at least 4 members (excludes halogenated alkanes) is 4. The maximum atomic E-state index is 12.3. The second kappa shape index (κ2) is 29.8. The topological polar surface area (TPSA) is 339 Å². The lowest BCUT2D eigenvalue weighted by molar-refractivity contribution is -0.202. The van der Waals surface area contributed by atoms with Gasteiger partial charge in [0.05, 0.1) is 24.9 Å². The summed E-state index contributed by atoms with van der Waals surface area (Å²) in [6.45, 7) is 3.09. The number of carbonyl (C=O) groups excluding carboxylic acids is 3. The van der Waals surface area contributed by atoms with Gasteiger partial charge in [0, 0.05) is 88.5 Å². The lowest BCUT2D eigenvalue weighted by atomic mass is 10.0. The summed E-state index contributed by atoms with van der Waals surface area (Å²) in [6.07, 6.45) is 7.32. The highest BCUT2D eigenvalue weighted by atomic mass is 32.1. The molecular weight excluding hydrogens is 838 g/mol. The van der Waals surface area contributed by atoms with Crippen molar-refractivity contribution in [2.24, 2.45) is 11.0 Å². The zero-order valence-electron chi connectivity index (χ0n) is 33.4. The van der Waals surface area contributed by atoms with Gasteiger partial charge in [-0.3, -0.25) is 28.7 Å². The Bertz CT molecular complexity index is 1730. The fourth-order valence-corrected chi connectivity index (χ4v) is 6.78. The highest BCUT2D eigenvalue weighted by Crippen LogP contribution is 2.40. The predicted octanol–water partition coefficient (Wildman–Crippen LogP) is 0.682. The predicted molar refractivity (Wildman–Crippen MR) is 217 cm³/mol. The SMILES string of the molecule is CP(=O)([O-])OC1C[C@H](n2cc(/C=C/C(=O)NCCCCCCNC(=O)CCS)c(=O)[nH]c2=O)O[C@@H]1CO.CP(=O)([O-])OCC(CO)CCCCNC(=O)CCCN=[N+]=[N-]. The number of carbonyl (C=O) groups is 3. The monoisotopic (exact) mass is 896 g/mol. The Morgan fingerprint density at radius 1 is 1.03 bits per heavy atom. The van der Waals surface area contributed by atoms with E-state index in [-0.39, 0.29) is 42.9 Å². The van der Waals surface area contributed by atoms with Crippen molar-refractivity contribution >= 4 is 51.6 Å². The summed E-state index contributed by atoms with van der Waals surface area (Å²) in [5.74, 6) is -0.229. The van der Waals surface area contributed by atoms with E-state index in [9.17, 15) is 48.0 Å². The Balaban J connectivity index is 0.000000677. The maximum Gasteiger partial charge on any atom is 0.330 e. The molecule has 0 aromatic carbocycles. The third-order valence-electron chi connectivity index (χ3n) is 8.36. The molecule has 1 saturated heterocycles. The van der Waals surface area contributed by atoms with E-state index in [2.05, 4.69) is 48.1 Å². The number of ether oxygens (including phenoxy) is 1. The van der Waals surface area contributed by atoms with E-state index in [1.165, 1.54) is 18.3 Å². The lowest BCUT2D eigenvalue weighted by Crippen LogP contribution is -2.33. The van der Waals surface area contributed by atoms with Crippen LogP contribution in [0.3, 0.4) is 0 Å². The summed E-state index contributed by atoms with van der Waals surface area (Å²) in [5, 5.41) is 30.2. The standard InChI is InChI=1S/C22H35N4O9PS.C12H25N4O5P/c1-36(32,33)35-16-12-20(34-17(16)14-27)26-13-15(21(30)25-22(26)31)6-7-18(28)23-9-4-2-3-5-10-24-19(29)8-11-37;1-22(19,20)21-10-11(9-17)5-2-3-7-14-12(18)6-4-8-15-16-13/h6-7,13,16-17,20,27,37H,2-5,8-12,14H2,1H3,(H,23,28)(H,24,29)(H,32,33)(H,25,30,31);11,17H,2-10H2,1H3,(H,14,18)(H,19,20)/p-2/b7-6+;/t16?,17-,20-;/m1./s1. The molecule has 0 radical (unpaired) electrons. The third kappa shape index (κ3) is 25.8. The summed E-state index contributed by atoms with van der Waals surface area (Å²) in [6, 6.07) is 0. The van der Waals surface area contributed by atoms with Crippen molar-refractivity contribution < 1.29 is 57.3 Å². The molecule has 1 aromatic rings. The number of aromatic nitrogens is 2. The van der Waals surface area contributed by atoms with Gasteiger partial charge < -0.3 is 58.9 Å². The van der Waals surface area contributed by atoms with Gasteiger partial charge in [0.15, 0.2) is 0 Å². The molecule has 1 aliphatic heterocycles. The Labute approximate surface area is 348 Å². The third-order valence-corrected chi connectivity index (χ3v) is 9.86. The van der Waals surface area contributed by atoms with E-state index in [4.69, 9.17) is 19.9 Å². The van der Waals surface area contributed by atoms with Gasteiger partial charge in [-0.05, 0) is 49.5 Å². The first-order chi connectivity index (χ1) is 27.9. The van der Waals surface area contributed by atoms with Gasteiger partial charge in [0.1, 0.15) is 27.5 Å². The van der Waals surface area contributed by atoms with Crippen LogP contribution in [0.1, 0.15) is 82.4 Å². The molecule has 4 unspecified atom stereocenters. The van der Waals surface area contributed by atoms with E-state index < -0.39 is 57.4 Å². The molecule has 25 heteroatoms. The molecule has 6 atom stereocenters. The largest absolute Gasteiger partial charge is 0.779 e. The number of thiol groups is 1. The fourth-order valence-electron chi connectivity index (χ4n) is 5.38. The average molecular weight is 897 g/mol. The van der Waals surface area contributed by atoms with Gasteiger partial charge in [-0.2, -0.15) is 12.6 Å². The minimum absolute atomic E-state index is 0.00761. The van der Waals surface area contributed by atoms with Crippen molar-refractivity contribution in [3.63, 3.8) is 0 Å². The normalized spacial score (nSPS) is 18.7. The molecule has 336 valence electrons. The molecule has 0 saturated carbocycles. The zero-order valence-corrected chi connectivity index (χ0v) is 36.1. The number of rotatable bonds is 28. The molecule has 0 aliphatic carbocycles. The van der Waals surface area contributed by atoms with Gasteiger partial charge in [0.2, 0.25) is 17.7 Å². The van der Waals surface area contributed by atoms with Gasteiger partial charge >= 0.3 is 5.69 Å². The number of hydrogen-bond donors (Lipinski definition) is 7.